The first-order valence-electron chi connectivity index (χ1n) is 5.40. The van der Waals surface area contributed by atoms with E-state index >= 15 is 0 Å². The lowest BCUT2D eigenvalue weighted by Gasteiger charge is -2.19. The Bertz CT molecular complexity index is 349. The Balaban J connectivity index is 1.76. The Kier molecular flexibility index (Phi) is 4.21. The molecule has 1 fully saturated rings. The van der Waals surface area contributed by atoms with Crippen molar-refractivity contribution in [2.24, 2.45) is 17.8 Å². The lowest BCUT2D eigenvalue weighted by Crippen LogP contribution is -2.30. The van der Waals surface area contributed by atoms with E-state index in [2.05, 4.69) is 20.2 Å². The second-order valence-electron chi connectivity index (χ2n) is 4.37. The number of alkyl halides is 2. The summed E-state index contributed by atoms with van der Waals surface area (Å²) in [5.41, 5.74) is 0. The molecule has 0 heterocycles. The molecule has 0 aromatic carbocycles. The molecular formula is C10H11F2O5S-. The first kappa shape index (κ1) is 13.7. The Hall–Kier alpha value is -0.700. The van der Waals surface area contributed by atoms with E-state index in [4.69, 9.17) is 0 Å². The fourth-order valence-corrected chi connectivity index (χ4v) is 2.68. The summed E-state index contributed by atoms with van der Waals surface area (Å²) >= 11 is -0.672. The quantitative estimate of drug-likeness (QED) is 0.240. The van der Waals surface area contributed by atoms with E-state index in [9.17, 15) is 18.8 Å². The largest absolute Gasteiger partial charge is 0.691 e. The van der Waals surface area contributed by atoms with Gasteiger partial charge in [0, 0.05) is 0 Å². The molecule has 0 saturated heterocycles. The summed E-state index contributed by atoms with van der Waals surface area (Å²) in [4.78, 5) is 11.1. The maximum Gasteiger partial charge on any atom is 0.415 e. The van der Waals surface area contributed by atoms with Gasteiger partial charge in [-0.2, -0.15) is 13.1 Å². The van der Waals surface area contributed by atoms with Gasteiger partial charge < -0.3 is 9.99 Å². The molecule has 3 atom stereocenters. The highest BCUT2D eigenvalue weighted by Crippen LogP contribution is 2.43. The average molecular weight is 281 g/mol. The highest BCUT2D eigenvalue weighted by atomic mass is 32.2. The first-order chi connectivity index (χ1) is 8.53. The van der Waals surface area contributed by atoms with Crippen LogP contribution in [0.25, 0.3) is 0 Å². The summed E-state index contributed by atoms with van der Waals surface area (Å²) in [7, 11) is 0. The minimum absolute atomic E-state index is 0.0429. The lowest BCUT2D eigenvalue weighted by atomic mass is 9.95. The summed E-state index contributed by atoms with van der Waals surface area (Å²) < 4.78 is 34.0. The fourth-order valence-electron chi connectivity index (χ4n) is 2.44. The van der Waals surface area contributed by atoms with Crippen LogP contribution in [0.15, 0.2) is 12.2 Å². The smallest absolute Gasteiger partial charge is 0.415 e. The van der Waals surface area contributed by atoms with Gasteiger partial charge in [-0.25, -0.2) is 4.79 Å². The van der Waals surface area contributed by atoms with Crippen LogP contribution in [-0.2, 0) is 18.9 Å². The lowest BCUT2D eigenvalue weighted by molar-refractivity contribution is -0.777. The molecule has 0 N–H and O–H groups in total. The van der Waals surface area contributed by atoms with Gasteiger partial charge in [0.1, 0.15) is 12.0 Å². The van der Waals surface area contributed by atoms with Gasteiger partial charge in [-0.15, -0.1) is 0 Å². The molecule has 0 aliphatic heterocycles. The second kappa shape index (κ2) is 5.52. The maximum atomic E-state index is 13.0. The standard InChI is InChI=1S/C10H12F2O5S/c11-10(12,18-17-16-14)9(13)15-5-8-4-6-1-2-7(8)3-6/h1-2,6-8,14H,3-5H2/p-1. The molecule has 2 bridgehead atoms. The van der Waals surface area contributed by atoms with Gasteiger partial charge in [0.05, 0.1) is 6.61 Å². The number of ether oxygens (including phenoxy) is 1. The number of halogens is 2. The van der Waals surface area contributed by atoms with Gasteiger partial charge in [-0.05, 0) is 30.6 Å². The van der Waals surface area contributed by atoms with E-state index in [0.29, 0.717) is 11.8 Å². The van der Waals surface area contributed by atoms with Crippen molar-refractivity contribution in [2.75, 3.05) is 6.61 Å². The van der Waals surface area contributed by atoms with Crippen LogP contribution in [0.2, 0.25) is 0 Å². The zero-order valence-electron chi connectivity index (χ0n) is 9.21. The van der Waals surface area contributed by atoms with Crippen LogP contribution in [0.1, 0.15) is 12.8 Å². The molecule has 8 heteroatoms. The van der Waals surface area contributed by atoms with Crippen LogP contribution in [0.3, 0.4) is 0 Å². The zero-order chi connectivity index (χ0) is 13.2. The predicted octanol–water partition coefficient (Wildman–Crippen LogP) is 1.21. The van der Waals surface area contributed by atoms with Crippen molar-refractivity contribution in [3.63, 3.8) is 0 Å². The summed E-state index contributed by atoms with van der Waals surface area (Å²) in [6.07, 6.45) is 5.99. The number of allylic oxidation sites excluding steroid dienone is 2. The van der Waals surface area contributed by atoms with E-state index in [1.54, 1.807) is 0 Å². The highest BCUT2D eigenvalue weighted by molar-refractivity contribution is 7.96. The monoisotopic (exact) mass is 281 g/mol. The number of carbonyl (C=O) groups excluding carboxylic acids is 1. The van der Waals surface area contributed by atoms with Crippen LogP contribution in [0, 0.1) is 17.8 Å². The molecule has 0 spiro atoms. The number of hydrogen-bond donors (Lipinski definition) is 0. The SMILES string of the molecule is O=C(OCC1CC2C=CC1C2)C(F)(F)SOO[O-]. The van der Waals surface area contributed by atoms with Gasteiger partial charge in [0.2, 0.25) is 0 Å². The number of rotatable bonds is 6. The molecular weight excluding hydrogens is 270 g/mol. The fraction of sp³-hybridized carbons (Fsp3) is 0.700. The van der Waals surface area contributed by atoms with Gasteiger partial charge >= 0.3 is 11.2 Å². The molecule has 0 amide bonds. The third-order valence-corrected chi connectivity index (χ3v) is 3.75. The molecule has 5 nitrogen and oxygen atoms in total. The Morgan fingerprint density at radius 3 is 2.78 bits per heavy atom. The van der Waals surface area contributed by atoms with Crippen molar-refractivity contribution in [1.29, 1.82) is 0 Å². The molecule has 0 aromatic rings. The van der Waals surface area contributed by atoms with Gasteiger partial charge in [0.15, 0.2) is 0 Å². The van der Waals surface area contributed by atoms with E-state index in [-0.39, 0.29) is 12.5 Å². The minimum Gasteiger partial charge on any atom is -0.691 e. The molecule has 102 valence electrons. The van der Waals surface area contributed by atoms with E-state index < -0.39 is 23.3 Å². The molecule has 2 aliphatic rings. The molecule has 2 aliphatic carbocycles. The topological polar surface area (TPSA) is 67.8 Å². The zero-order valence-corrected chi connectivity index (χ0v) is 10.0. The molecule has 2 rings (SSSR count). The van der Waals surface area contributed by atoms with Crippen molar-refractivity contribution < 1.29 is 32.9 Å². The first-order valence-corrected chi connectivity index (χ1v) is 6.15. The van der Waals surface area contributed by atoms with Crippen LogP contribution in [0.5, 0.6) is 0 Å². The molecule has 18 heavy (non-hydrogen) atoms. The predicted molar refractivity (Wildman–Crippen MR) is 54.5 cm³/mol. The van der Waals surface area contributed by atoms with Crippen molar-refractivity contribution in [1.82, 2.24) is 0 Å². The Morgan fingerprint density at radius 2 is 2.22 bits per heavy atom. The van der Waals surface area contributed by atoms with Crippen LogP contribution < -0.4 is 5.26 Å². The Morgan fingerprint density at radius 1 is 1.44 bits per heavy atom. The molecule has 1 saturated carbocycles. The van der Waals surface area contributed by atoms with Gasteiger partial charge in [-0.1, -0.05) is 12.2 Å². The average Bonchev–Trinajstić information content (AvgIpc) is 2.95. The second-order valence-corrected chi connectivity index (χ2v) is 5.19. The van der Waals surface area contributed by atoms with Gasteiger partial charge in [-0.3, -0.25) is 5.04 Å². The van der Waals surface area contributed by atoms with Crippen molar-refractivity contribution in [3.05, 3.63) is 12.2 Å². The third-order valence-electron chi connectivity index (χ3n) is 3.25. The third kappa shape index (κ3) is 3.00. The Labute approximate surface area is 106 Å². The normalized spacial score (nSPS) is 29.8. The van der Waals surface area contributed by atoms with E-state index in [1.165, 1.54) is 0 Å². The van der Waals surface area contributed by atoms with Crippen molar-refractivity contribution in [3.8, 4) is 0 Å². The van der Waals surface area contributed by atoms with Crippen LogP contribution in [-0.4, -0.2) is 17.8 Å². The summed E-state index contributed by atoms with van der Waals surface area (Å²) in [6.45, 7) is -0.0429. The highest BCUT2D eigenvalue weighted by Gasteiger charge is 2.45. The number of hydrogen-bond acceptors (Lipinski definition) is 6. The van der Waals surface area contributed by atoms with Crippen LogP contribution >= 0.6 is 12.0 Å². The summed E-state index contributed by atoms with van der Waals surface area (Å²) in [6, 6.07) is 0. The number of carbonyl (C=O) groups is 1. The van der Waals surface area contributed by atoms with E-state index in [1.807, 2.05) is 6.08 Å². The minimum atomic E-state index is -3.95. The summed E-state index contributed by atoms with van der Waals surface area (Å²) in [5, 5.41) is 8.23. The molecule has 3 unspecified atom stereocenters. The summed E-state index contributed by atoms with van der Waals surface area (Å²) in [5.74, 6) is -0.839. The molecule has 0 aromatic heterocycles. The molecule has 0 radical (unpaired) electrons. The van der Waals surface area contributed by atoms with Gasteiger partial charge in [0.25, 0.3) is 0 Å². The number of esters is 1. The maximum absolute atomic E-state index is 13.0. The van der Waals surface area contributed by atoms with Crippen LogP contribution in [0.4, 0.5) is 8.78 Å². The van der Waals surface area contributed by atoms with Crippen molar-refractivity contribution >= 4 is 18.0 Å². The number of fused-ring (bicyclic) bond motifs is 2. The van der Waals surface area contributed by atoms with Crippen molar-refractivity contribution in [2.45, 2.75) is 18.1 Å². The van der Waals surface area contributed by atoms with E-state index in [0.717, 1.165) is 12.8 Å².